The van der Waals surface area contributed by atoms with Gasteiger partial charge in [-0.15, -0.1) is 12.4 Å². The summed E-state index contributed by atoms with van der Waals surface area (Å²) in [7, 11) is 0. The molecule has 1 aromatic rings. The summed E-state index contributed by atoms with van der Waals surface area (Å²) in [5.74, 6) is -0.988. The normalized spacial score (nSPS) is 18.8. The third-order valence-electron chi connectivity index (χ3n) is 5.65. The lowest BCUT2D eigenvalue weighted by molar-refractivity contribution is 0.0475. The van der Waals surface area contributed by atoms with E-state index in [1.165, 1.54) is 11.0 Å². The maximum Gasteiger partial charge on any atom is 0.261 e. The molecule has 3 N–H and O–H groups in total. The molecule has 28 heavy (non-hydrogen) atoms. The van der Waals surface area contributed by atoms with Crippen LogP contribution in [-0.4, -0.2) is 54.0 Å². The number of nitrogens with one attached hydrogen (secondary N) is 1. The average Bonchev–Trinajstić information content (AvgIpc) is 3.28. The molecule has 2 heterocycles. The summed E-state index contributed by atoms with van der Waals surface area (Å²) in [5.41, 5.74) is 6.73. The minimum atomic E-state index is -0.448. The SMILES string of the molecule is CCC(N)(CC)CNC(=O)c1ccc2c(c1)C(=O)N(CC1CCCO1)C2=O.Cl. The van der Waals surface area contributed by atoms with Gasteiger partial charge in [0.2, 0.25) is 0 Å². The molecule has 0 spiro atoms. The van der Waals surface area contributed by atoms with Crippen molar-refractivity contribution < 1.29 is 19.1 Å². The zero-order valence-corrected chi connectivity index (χ0v) is 17.1. The van der Waals surface area contributed by atoms with Crippen LogP contribution < -0.4 is 11.1 Å². The minimum Gasteiger partial charge on any atom is -0.376 e. The molecule has 0 saturated carbocycles. The number of amides is 3. The Morgan fingerprint density at radius 1 is 1.25 bits per heavy atom. The molecule has 7 nitrogen and oxygen atoms in total. The second-order valence-electron chi connectivity index (χ2n) is 7.37. The van der Waals surface area contributed by atoms with Gasteiger partial charge in [0.05, 0.1) is 23.8 Å². The first-order valence-electron chi connectivity index (χ1n) is 9.57. The molecule has 2 aliphatic rings. The number of hydrogen-bond acceptors (Lipinski definition) is 5. The van der Waals surface area contributed by atoms with Crippen LogP contribution in [0.15, 0.2) is 18.2 Å². The van der Waals surface area contributed by atoms with Crippen LogP contribution in [0.25, 0.3) is 0 Å². The number of benzene rings is 1. The van der Waals surface area contributed by atoms with Crippen molar-refractivity contribution in [3.63, 3.8) is 0 Å². The van der Waals surface area contributed by atoms with Crippen molar-refractivity contribution in [2.75, 3.05) is 19.7 Å². The Labute approximate surface area is 171 Å². The van der Waals surface area contributed by atoms with Gasteiger partial charge in [-0.3, -0.25) is 19.3 Å². The predicted molar refractivity (Wildman–Crippen MR) is 108 cm³/mol. The quantitative estimate of drug-likeness (QED) is 0.671. The number of nitrogens with two attached hydrogens (primary N) is 1. The Kier molecular flexibility index (Phi) is 7.20. The standard InChI is InChI=1S/C20H27N3O4.ClH/c1-3-20(21,4-2)12-22-17(24)13-7-8-15-16(10-13)19(26)23(18(15)25)11-14-6-5-9-27-14;/h7-8,10,14H,3-6,9,11-12,21H2,1-2H3,(H,22,24);1H. The smallest absolute Gasteiger partial charge is 0.261 e. The molecule has 1 atom stereocenters. The van der Waals surface area contributed by atoms with Crippen LogP contribution in [-0.2, 0) is 4.74 Å². The van der Waals surface area contributed by atoms with Gasteiger partial charge in [0.15, 0.2) is 0 Å². The summed E-state index contributed by atoms with van der Waals surface area (Å²) in [6.07, 6.45) is 3.18. The minimum absolute atomic E-state index is 0. The number of hydrogen-bond donors (Lipinski definition) is 2. The summed E-state index contributed by atoms with van der Waals surface area (Å²) in [6.45, 7) is 5.25. The van der Waals surface area contributed by atoms with Gasteiger partial charge in [0.25, 0.3) is 17.7 Å². The van der Waals surface area contributed by atoms with Crippen LogP contribution in [0.3, 0.4) is 0 Å². The van der Waals surface area contributed by atoms with E-state index in [9.17, 15) is 14.4 Å². The number of carbonyl (C=O) groups is 3. The highest BCUT2D eigenvalue weighted by atomic mass is 35.5. The Balaban J connectivity index is 0.00000280. The molecule has 0 aromatic heterocycles. The van der Waals surface area contributed by atoms with Crippen molar-refractivity contribution in [1.82, 2.24) is 10.2 Å². The first-order chi connectivity index (χ1) is 12.9. The third-order valence-corrected chi connectivity index (χ3v) is 5.65. The summed E-state index contributed by atoms with van der Waals surface area (Å²) in [4.78, 5) is 38.9. The number of carbonyl (C=O) groups excluding carboxylic acids is 3. The van der Waals surface area contributed by atoms with Gasteiger partial charge in [-0.1, -0.05) is 13.8 Å². The van der Waals surface area contributed by atoms with Crippen LogP contribution in [0.5, 0.6) is 0 Å². The van der Waals surface area contributed by atoms with E-state index < -0.39 is 5.54 Å². The summed E-state index contributed by atoms with van der Waals surface area (Å²) >= 11 is 0. The molecule has 1 fully saturated rings. The van der Waals surface area contributed by atoms with Crippen molar-refractivity contribution in [2.45, 2.75) is 51.2 Å². The topological polar surface area (TPSA) is 102 Å². The molecule has 154 valence electrons. The number of ether oxygens (including phenoxy) is 1. The molecule has 1 aromatic carbocycles. The Hall–Kier alpha value is -1.96. The second kappa shape index (κ2) is 9.03. The van der Waals surface area contributed by atoms with E-state index in [2.05, 4.69) is 5.32 Å². The molecule has 0 radical (unpaired) electrons. The van der Waals surface area contributed by atoms with Crippen LogP contribution >= 0.6 is 12.4 Å². The zero-order chi connectivity index (χ0) is 19.6. The first-order valence-corrected chi connectivity index (χ1v) is 9.57. The molecule has 1 unspecified atom stereocenters. The van der Waals surface area contributed by atoms with Gasteiger partial charge in [0, 0.05) is 24.3 Å². The molecule has 1 saturated heterocycles. The van der Waals surface area contributed by atoms with Gasteiger partial charge >= 0.3 is 0 Å². The highest BCUT2D eigenvalue weighted by Gasteiger charge is 2.38. The van der Waals surface area contributed by atoms with Crippen molar-refractivity contribution >= 4 is 30.1 Å². The molecule has 3 amide bonds. The highest BCUT2D eigenvalue weighted by Crippen LogP contribution is 2.26. The van der Waals surface area contributed by atoms with E-state index in [4.69, 9.17) is 10.5 Å². The monoisotopic (exact) mass is 409 g/mol. The van der Waals surface area contributed by atoms with Crippen LogP contribution in [0.4, 0.5) is 0 Å². The molecule has 8 heteroatoms. The molecule has 0 bridgehead atoms. The fourth-order valence-electron chi connectivity index (χ4n) is 3.45. The Bertz CT molecular complexity index is 758. The predicted octanol–water partition coefficient (Wildman–Crippen LogP) is 2.13. The number of halogens is 1. The second-order valence-corrected chi connectivity index (χ2v) is 7.37. The van der Waals surface area contributed by atoms with Crippen molar-refractivity contribution in [2.24, 2.45) is 5.73 Å². The van der Waals surface area contributed by atoms with E-state index in [1.54, 1.807) is 12.1 Å². The molecule has 3 rings (SSSR count). The van der Waals surface area contributed by atoms with Crippen LogP contribution in [0.2, 0.25) is 0 Å². The number of nitrogens with zero attached hydrogens (tertiary/aromatic N) is 1. The van der Waals surface area contributed by atoms with Crippen LogP contribution in [0.1, 0.15) is 70.6 Å². The lowest BCUT2D eigenvalue weighted by Gasteiger charge is -2.26. The number of fused-ring (bicyclic) bond motifs is 1. The summed E-state index contributed by atoms with van der Waals surface area (Å²) in [5, 5.41) is 2.83. The fraction of sp³-hybridized carbons (Fsp3) is 0.550. The first kappa shape index (κ1) is 22.3. The maximum absolute atomic E-state index is 12.7. The maximum atomic E-state index is 12.7. The zero-order valence-electron chi connectivity index (χ0n) is 16.3. The molecule has 0 aliphatic carbocycles. The number of imide groups is 1. The Morgan fingerprint density at radius 2 is 1.93 bits per heavy atom. The van der Waals surface area contributed by atoms with Gasteiger partial charge < -0.3 is 15.8 Å². The molecule has 2 aliphatic heterocycles. The third kappa shape index (κ3) is 4.37. The van der Waals surface area contributed by atoms with Crippen LogP contribution in [0, 0.1) is 0 Å². The lowest BCUT2D eigenvalue weighted by atomic mass is 9.94. The van der Waals surface area contributed by atoms with E-state index in [-0.39, 0.29) is 48.3 Å². The number of rotatable bonds is 7. The Morgan fingerprint density at radius 3 is 2.54 bits per heavy atom. The van der Waals surface area contributed by atoms with E-state index in [1.807, 2.05) is 13.8 Å². The van der Waals surface area contributed by atoms with Gasteiger partial charge in [-0.25, -0.2) is 0 Å². The fourth-order valence-corrected chi connectivity index (χ4v) is 3.45. The lowest BCUT2D eigenvalue weighted by Crippen LogP contribution is -2.49. The summed E-state index contributed by atoms with van der Waals surface area (Å²) in [6, 6.07) is 4.62. The van der Waals surface area contributed by atoms with Crippen molar-refractivity contribution in [3.8, 4) is 0 Å². The van der Waals surface area contributed by atoms with E-state index in [0.717, 1.165) is 25.7 Å². The summed E-state index contributed by atoms with van der Waals surface area (Å²) < 4.78 is 5.54. The van der Waals surface area contributed by atoms with Gasteiger partial charge in [-0.05, 0) is 43.9 Å². The van der Waals surface area contributed by atoms with Crippen molar-refractivity contribution in [3.05, 3.63) is 34.9 Å². The molecular weight excluding hydrogens is 382 g/mol. The molecular formula is C20H28ClN3O4. The van der Waals surface area contributed by atoms with E-state index >= 15 is 0 Å². The van der Waals surface area contributed by atoms with E-state index in [0.29, 0.717) is 24.3 Å². The largest absolute Gasteiger partial charge is 0.376 e. The highest BCUT2D eigenvalue weighted by molar-refractivity contribution is 6.22. The van der Waals surface area contributed by atoms with Gasteiger partial charge in [0.1, 0.15) is 0 Å². The average molecular weight is 410 g/mol. The van der Waals surface area contributed by atoms with Crippen molar-refractivity contribution in [1.29, 1.82) is 0 Å². The van der Waals surface area contributed by atoms with Gasteiger partial charge in [-0.2, -0.15) is 0 Å².